The van der Waals surface area contributed by atoms with Crippen LogP contribution in [0.2, 0.25) is 0 Å². The molecule has 8 heteroatoms. The number of aromatic amines is 1. The number of aliphatic hydroxyl groups is 1. The van der Waals surface area contributed by atoms with E-state index in [9.17, 15) is 9.59 Å². The first kappa shape index (κ1) is 14.8. The van der Waals surface area contributed by atoms with Crippen LogP contribution in [-0.4, -0.2) is 43.9 Å². The number of aliphatic hydroxyl groups excluding tert-OH is 1. The number of H-pyrrole nitrogens is 1. The molecule has 0 radical (unpaired) electrons. The van der Waals surface area contributed by atoms with Gasteiger partial charge >= 0.3 is 5.69 Å². The maximum absolute atomic E-state index is 12.2. The number of aryl methyl sites for hydroxylation is 2. The lowest BCUT2D eigenvalue weighted by Gasteiger charge is -2.28. The summed E-state index contributed by atoms with van der Waals surface area (Å²) in [5.74, 6) is 0.717. The molecule has 22 heavy (non-hydrogen) atoms. The topological polar surface area (TPSA) is 96.1 Å². The standard InChI is InChI=1S/C14H21N5O3/c1-17-11-10(12(21)16-14(17)22)19(8-5-9-20)13(15-11)18-6-3-2-4-7-18/h20H,2-9H2,1H3,(H,16,21,22). The van der Waals surface area contributed by atoms with Crippen molar-refractivity contribution in [3.63, 3.8) is 0 Å². The Morgan fingerprint density at radius 3 is 2.64 bits per heavy atom. The van der Waals surface area contributed by atoms with Gasteiger partial charge in [-0.25, -0.2) is 4.79 Å². The minimum absolute atomic E-state index is 0.0444. The van der Waals surface area contributed by atoms with Crippen molar-refractivity contribution in [2.45, 2.75) is 32.2 Å². The van der Waals surface area contributed by atoms with E-state index in [2.05, 4.69) is 14.9 Å². The number of anilines is 1. The second-order valence-corrected chi connectivity index (χ2v) is 5.68. The fourth-order valence-electron chi connectivity index (χ4n) is 3.00. The van der Waals surface area contributed by atoms with Gasteiger partial charge in [-0.15, -0.1) is 0 Å². The van der Waals surface area contributed by atoms with Gasteiger partial charge in [0.05, 0.1) is 0 Å². The average Bonchev–Trinajstić information content (AvgIpc) is 2.91. The summed E-state index contributed by atoms with van der Waals surface area (Å²) in [6.45, 7) is 2.34. The number of hydrogen-bond acceptors (Lipinski definition) is 5. The first-order valence-electron chi connectivity index (χ1n) is 7.69. The van der Waals surface area contributed by atoms with E-state index in [0.717, 1.165) is 31.9 Å². The Balaban J connectivity index is 2.21. The van der Waals surface area contributed by atoms with Crippen LogP contribution in [0.3, 0.4) is 0 Å². The minimum atomic E-state index is -0.463. The van der Waals surface area contributed by atoms with Gasteiger partial charge in [0, 0.05) is 33.3 Å². The predicted octanol–water partition coefficient (Wildman–Crippen LogP) is -0.204. The van der Waals surface area contributed by atoms with Crippen molar-refractivity contribution in [1.82, 2.24) is 19.1 Å². The minimum Gasteiger partial charge on any atom is -0.396 e. The van der Waals surface area contributed by atoms with Crippen molar-refractivity contribution in [3.8, 4) is 0 Å². The highest BCUT2D eigenvalue weighted by atomic mass is 16.3. The van der Waals surface area contributed by atoms with Crippen LogP contribution in [0.4, 0.5) is 5.95 Å². The fraction of sp³-hybridized carbons (Fsp3) is 0.643. The van der Waals surface area contributed by atoms with Gasteiger partial charge in [-0.05, 0) is 25.7 Å². The molecule has 0 saturated carbocycles. The Kier molecular flexibility index (Phi) is 4.02. The number of hydrogen-bond donors (Lipinski definition) is 2. The molecule has 0 unspecified atom stereocenters. The van der Waals surface area contributed by atoms with E-state index in [0.29, 0.717) is 24.1 Å². The van der Waals surface area contributed by atoms with Gasteiger partial charge in [0.1, 0.15) is 0 Å². The van der Waals surface area contributed by atoms with Crippen LogP contribution in [-0.2, 0) is 13.6 Å². The molecule has 1 fully saturated rings. The van der Waals surface area contributed by atoms with Gasteiger partial charge in [-0.1, -0.05) is 0 Å². The molecule has 2 aromatic heterocycles. The molecule has 2 aromatic rings. The molecular weight excluding hydrogens is 286 g/mol. The summed E-state index contributed by atoms with van der Waals surface area (Å²) in [7, 11) is 1.60. The van der Waals surface area contributed by atoms with Gasteiger partial charge in [-0.2, -0.15) is 4.98 Å². The van der Waals surface area contributed by atoms with E-state index in [1.807, 2.05) is 4.57 Å². The van der Waals surface area contributed by atoms with Crippen molar-refractivity contribution in [2.24, 2.45) is 7.05 Å². The zero-order valence-corrected chi connectivity index (χ0v) is 12.7. The summed E-state index contributed by atoms with van der Waals surface area (Å²) in [5, 5.41) is 9.12. The molecule has 0 amide bonds. The first-order chi connectivity index (χ1) is 10.6. The Morgan fingerprint density at radius 1 is 1.23 bits per heavy atom. The van der Waals surface area contributed by atoms with Gasteiger partial charge < -0.3 is 14.6 Å². The van der Waals surface area contributed by atoms with Gasteiger partial charge in [-0.3, -0.25) is 14.3 Å². The lowest BCUT2D eigenvalue weighted by atomic mass is 10.1. The van der Waals surface area contributed by atoms with Gasteiger partial charge in [0.15, 0.2) is 11.2 Å². The molecule has 120 valence electrons. The zero-order valence-electron chi connectivity index (χ0n) is 12.7. The summed E-state index contributed by atoms with van der Waals surface area (Å²) in [6.07, 6.45) is 3.93. The highest BCUT2D eigenvalue weighted by Gasteiger charge is 2.22. The number of nitrogens with zero attached hydrogens (tertiary/aromatic N) is 4. The third-order valence-corrected chi connectivity index (χ3v) is 4.17. The Morgan fingerprint density at radius 2 is 1.95 bits per heavy atom. The van der Waals surface area contributed by atoms with E-state index < -0.39 is 11.2 Å². The third kappa shape index (κ3) is 2.43. The first-order valence-corrected chi connectivity index (χ1v) is 7.69. The maximum Gasteiger partial charge on any atom is 0.329 e. The Bertz CT molecular complexity index is 782. The number of nitrogens with one attached hydrogen (secondary N) is 1. The molecule has 0 spiro atoms. The predicted molar refractivity (Wildman–Crippen MR) is 83.4 cm³/mol. The van der Waals surface area contributed by atoms with Crippen LogP contribution in [0.25, 0.3) is 11.2 Å². The molecule has 0 atom stereocenters. The summed E-state index contributed by atoms with van der Waals surface area (Å²) >= 11 is 0. The summed E-state index contributed by atoms with van der Waals surface area (Å²) in [5.41, 5.74) is -0.0929. The van der Waals surface area contributed by atoms with Crippen LogP contribution < -0.4 is 16.1 Å². The molecule has 1 aliphatic heterocycles. The van der Waals surface area contributed by atoms with Crippen molar-refractivity contribution in [1.29, 1.82) is 0 Å². The number of imidazole rings is 1. The maximum atomic E-state index is 12.2. The number of piperidine rings is 1. The normalized spacial score (nSPS) is 15.6. The monoisotopic (exact) mass is 307 g/mol. The third-order valence-electron chi connectivity index (χ3n) is 4.17. The molecule has 1 aliphatic rings. The van der Waals surface area contributed by atoms with E-state index in [1.165, 1.54) is 11.0 Å². The average molecular weight is 307 g/mol. The lowest BCUT2D eigenvalue weighted by Crippen LogP contribution is -2.32. The highest BCUT2D eigenvalue weighted by molar-refractivity contribution is 5.74. The SMILES string of the molecule is Cn1c(=O)[nH]c(=O)c2c1nc(N1CCCCC1)n2CCCO. The van der Waals surface area contributed by atoms with E-state index in [1.54, 1.807) is 7.05 Å². The second-order valence-electron chi connectivity index (χ2n) is 5.68. The molecule has 3 heterocycles. The smallest absolute Gasteiger partial charge is 0.329 e. The van der Waals surface area contributed by atoms with Crippen molar-refractivity contribution < 1.29 is 5.11 Å². The van der Waals surface area contributed by atoms with Crippen LogP contribution in [0, 0.1) is 0 Å². The molecule has 3 rings (SSSR count). The van der Waals surface area contributed by atoms with Crippen molar-refractivity contribution in [2.75, 3.05) is 24.6 Å². The largest absolute Gasteiger partial charge is 0.396 e. The molecule has 0 aromatic carbocycles. The molecular formula is C14H21N5O3. The molecule has 1 saturated heterocycles. The highest BCUT2D eigenvalue weighted by Crippen LogP contribution is 2.23. The van der Waals surface area contributed by atoms with Crippen LogP contribution >= 0.6 is 0 Å². The fourth-order valence-corrected chi connectivity index (χ4v) is 3.00. The Labute approximate surface area is 127 Å². The quantitative estimate of drug-likeness (QED) is 0.815. The van der Waals surface area contributed by atoms with Crippen LogP contribution in [0.15, 0.2) is 9.59 Å². The van der Waals surface area contributed by atoms with Gasteiger partial charge in [0.2, 0.25) is 5.95 Å². The summed E-state index contributed by atoms with van der Waals surface area (Å²) < 4.78 is 3.19. The van der Waals surface area contributed by atoms with E-state index >= 15 is 0 Å². The Hall–Kier alpha value is -2.09. The van der Waals surface area contributed by atoms with Crippen LogP contribution in [0.1, 0.15) is 25.7 Å². The van der Waals surface area contributed by atoms with Crippen molar-refractivity contribution in [3.05, 3.63) is 20.8 Å². The molecule has 8 nitrogen and oxygen atoms in total. The second kappa shape index (κ2) is 5.96. The van der Waals surface area contributed by atoms with Gasteiger partial charge in [0.25, 0.3) is 5.56 Å². The molecule has 0 aliphatic carbocycles. The number of rotatable bonds is 4. The van der Waals surface area contributed by atoms with Crippen molar-refractivity contribution >= 4 is 17.1 Å². The lowest BCUT2D eigenvalue weighted by molar-refractivity contribution is 0.280. The number of aromatic nitrogens is 4. The van der Waals surface area contributed by atoms with Crippen LogP contribution in [0.5, 0.6) is 0 Å². The molecule has 2 N–H and O–H groups in total. The zero-order chi connectivity index (χ0) is 15.7. The number of fused-ring (bicyclic) bond motifs is 1. The summed E-state index contributed by atoms with van der Waals surface area (Å²) in [6, 6.07) is 0. The van der Waals surface area contributed by atoms with E-state index in [4.69, 9.17) is 5.11 Å². The summed E-state index contributed by atoms with van der Waals surface area (Å²) in [4.78, 5) is 33.0. The van der Waals surface area contributed by atoms with E-state index in [-0.39, 0.29) is 6.61 Å². The molecule has 0 bridgehead atoms.